The van der Waals surface area contributed by atoms with Gasteiger partial charge in [-0.2, -0.15) is 0 Å². The smallest absolute Gasteiger partial charge is 0.230 e. The molecule has 1 saturated heterocycles. The van der Waals surface area contributed by atoms with Crippen LogP contribution in [0.5, 0.6) is 0 Å². The number of rotatable bonds is 5. The van der Waals surface area contributed by atoms with Crippen LogP contribution in [0.3, 0.4) is 0 Å². The predicted octanol–water partition coefficient (Wildman–Crippen LogP) is 2.15. The van der Waals surface area contributed by atoms with E-state index in [0.717, 1.165) is 5.69 Å². The molecule has 7 heteroatoms. The molecule has 1 N–H and O–H groups in total. The van der Waals surface area contributed by atoms with Crippen LogP contribution in [-0.4, -0.2) is 44.3 Å². The maximum absolute atomic E-state index is 12.9. The summed E-state index contributed by atoms with van der Waals surface area (Å²) in [5, 5.41) is 2.89. The van der Waals surface area contributed by atoms with Crippen LogP contribution in [0, 0.1) is 11.8 Å². The maximum atomic E-state index is 12.9. The van der Waals surface area contributed by atoms with Crippen LogP contribution in [0.25, 0.3) is 0 Å². The van der Waals surface area contributed by atoms with Gasteiger partial charge in [0, 0.05) is 30.1 Å². The third-order valence-electron chi connectivity index (χ3n) is 5.68. The van der Waals surface area contributed by atoms with Gasteiger partial charge in [-0.05, 0) is 51.2 Å². The number of amides is 2. The summed E-state index contributed by atoms with van der Waals surface area (Å²) >= 11 is 0. The van der Waals surface area contributed by atoms with Gasteiger partial charge in [0.25, 0.3) is 0 Å². The summed E-state index contributed by atoms with van der Waals surface area (Å²) in [6.07, 6.45) is 3.25. The number of hydrogen-bond donors (Lipinski definition) is 1. The highest BCUT2D eigenvalue weighted by molar-refractivity contribution is 7.91. The summed E-state index contributed by atoms with van der Waals surface area (Å²) in [6, 6.07) is 9.41. The van der Waals surface area contributed by atoms with Crippen molar-refractivity contribution >= 4 is 27.3 Å². The number of nitrogens with one attached hydrogen (secondary N) is 1. The zero-order chi connectivity index (χ0) is 19.4. The Morgan fingerprint density at radius 1 is 1.04 bits per heavy atom. The molecule has 2 aliphatic rings. The summed E-state index contributed by atoms with van der Waals surface area (Å²) < 4.78 is 23.1. The van der Waals surface area contributed by atoms with Crippen molar-refractivity contribution in [1.29, 1.82) is 0 Å². The highest BCUT2D eigenvalue weighted by atomic mass is 32.2. The zero-order valence-electron chi connectivity index (χ0n) is 15.8. The van der Waals surface area contributed by atoms with Gasteiger partial charge in [-0.25, -0.2) is 8.42 Å². The van der Waals surface area contributed by atoms with E-state index in [4.69, 9.17) is 0 Å². The minimum absolute atomic E-state index is 0.0507. The van der Waals surface area contributed by atoms with Crippen molar-refractivity contribution in [2.24, 2.45) is 11.8 Å². The molecular formula is C20H28N2O4S. The lowest BCUT2D eigenvalue weighted by Crippen LogP contribution is -2.42. The van der Waals surface area contributed by atoms with Crippen molar-refractivity contribution in [2.75, 3.05) is 23.0 Å². The summed E-state index contributed by atoms with van der Waals surface area (Å²) in [4.78, 5) is 27.2. The van der Waals surface area contributed by atoms with Gasteiger partial charge in [-0.3, -0.25) is 9.59 Å². The quantitative estimate of drug-likeness (QED) is 0.832. The molecule has 148 valence electrons. The van der Waals surface area contributed by atoms with E-state index in [0.29, 0.717) is 38.6 Å². The monoisotopic (exact) mass is 392 g/mol. The lowest BCUT2D eigenvalue weighted by molar-refractivity contribution is -0.129. The summed E-state index contributed by atoms with van der Waals surface area (Å²) in [6.45, 7) is 2.60. The highest BCUT2D eigenvalue weighted by Crippen LogP contribution is 2.31. The van der Waals surface area contributed by atoms with Crippen LogP contribution >= 0.6 is 0 Å². The van der Waals surface area contributed by atoms with Gasteiger partial charge in [0.15, 0.2) is 9.84 Å². The largest absolute Gasteiger partial charge is 0.352 e. The fourth-order valence-electron chi connectivity index (χ4n) is 4.12. The first-order valence-corrected chi connectivity index (χ1v) is 11.6. The van der Waals surface area contributed by atoms with E-state index in [1.54, 1.807) is 0 Å². The number of carbonyl (C=O) groups is 2. The Labute approximate surface area is 161 Å². The molecule has 1 aliphatic heterocycles. The molecule has 1 aromatic rings. The van der Waals surface area contributed by atoms with E-state index in [2.05, 4.69) is 5.32 Å². The van der Waals surface area contributed by atoms with Crippen LogP contribution in [0.1, 0.15) is 39.0 Å². The average molecular weight is 393 g/mol. The number of para-hydroxylation sites is 1. The highest BCUT2D eigenvalue weighted by Gasteiger charge is 2.34. The topological polar surface area (TPSA) is 83.6 Å². The molecule has 0 bridgehead atoms. The fourth-order valence-corrected chi connectivity index (χ4v) is 5.80. The standard InChI is InChI=1S/C20H28N2O4S/c1-2-22(18-6-4-3-5-7-18)20(24)16-10-8-15(9-11-16)19(23)21-17-12-13-27(25,26)14-17/h3-7,15-17H,2,8-14H2,1H3,(H,21,23). The Balaban J connectivity index is 1.52. The predicted molar refractivity (Wildman–Crippen MR) is 105 cm³/mol. The molecule has 27 heavy (non-hydrogen) atoms. The molecular weight excluding hydrogens is 364 g/mol. The van der Waals surface area contributed by atoms with E-state index in [9.17, 15) is 18.0 Å². The van der Waals surface area contributed by atoms with Crippen LogP contribution in [0.2, 0.25) is 0 Å². The van der Waals surface area contributed by atoms with Crippen LogP contribution < -0.4 is 10.2 Å². The van der Waals surface area contributed by atoms with Crippen molar-refractivity contribution in [1.82, 2.24) is 5.32 Å². The molecule has 1 heterocycles. The average Bonchev–Trinajstić information content (AvgIpc) is 3.01. The molecule has 2 fully saturated rings. The van der Waals surface area contributed by atoms with Gasteiger partial charge >= 0.3 is 0 Å². The van der Waals surface area contributed by atoms with Crippen molar-refractivity contribution in [3.05, 3.63) is 30.3 Å². The number of carbonyl (C=O) groups excluding carboxylic acids is 2. The van der Waals surface area contributed by atoms with Crippen molar-refractivity contribution in [3.8, 4) is 0 Å². The van der Waals surface area contributed by atoms with Gasteiger partial charge < -0.3 is 10.2 Å². The molecule has 1 saturated carbocycles. The first-order valence-electron chi connectivity index (χ1n) is 9.77. The van der Waals surface area contributed by atoms with Crippen LogP contribution in [0.15, 0.2) is 30.3 Å². The molecule has 6 nitrogen and oxygen atoms in total. The van der Waals surface area contributed by atoms with Crippen LogP contribution in [0.4, 0.5) is 5.69 Å². The van der Waals surface area contributed by atoms with E-state index >= 15 is 0 Å². The van der Waals surface area contributed by atoms with E-state index in [1.807, 2.05) is 42.2 Å². The normalized spacial score (nSPS) is 27.1. The molecule has 1 aliphatic carbocycles. The molecule has 1 unspecified atom stereocenters. The van der Waals surface area contributed by atoms with Gasteiger partial charge in [0.2, 0.25) is 11.8 Å². The molecule has 0 spiro atoms. The van der Waals surface area contributed by atoms with Crippen molar-refractivity contribution in [2.45, 2.75) is 45.1 Å². The number of nitrogens with zero attached hydrogens (tertiary/aromatic N) is 1. The lowest BCUT2D eigenvalue weighted by atomic mass is 9.80. The number of sulfone groups is 1. The van der Waals surface area contributed by atoms with Gasteiger partial charge in [-0.15, -0.1) is 0 Å². The van der Waals surface area contributed by atoms with Gasteiger partial charge in [-0.1, -0.05) is 18.2 Å². The van der Waals surface area contributed by atoms with Crippen LogP contribution in [-0.2, 0) is 19.4 Å². The maximum Gasteiger partial charge on any atom is 0.230 e. The molecule has 1 aromatic carbocycles. The third kappa shape index (κ3) is 4.89. The summed E-state index contributed by atoms with van der Waals surface area (Å²) in [7, 11) is -3.00. The zero-order valence-corrected chi connectivity index (χ0v) is 16.6. The van der Waals surface area contributed by atoms with E-state index in [1.165, 1.54) is 0 Å². The number of hydrogen-bond acceptors (Lipinski definition) is 4. The second-order valence-corrected chi connectivity index (χ2v) is 9.80. The Hall–Kier alpha value is -1.89. The fraction of sp³-hybridized carbons (Fsp3) is 0.600. The van der Waals surface area contributed by atoms with Crippen molar-refractivity contribution < 1.29 is 18.0 Å². The van der Waals surface area contributed by atoms with E-state index < -0.39 is 9.84 Å². The molecule has 3 rings (SSSR count). The third-order valence-corrected chi connectivity index (χ3v) is 7.44. The minimum atomic E-state index is -3.00. The van der Waals surface area contributed by atoms with Gasteiger partial charge in [0.05, 0.1) is 11.5 Å². The molecule has 0 aromatic heterocycles. The Morgan fingerprint density at radius 3 is 2.22 bits per heavy atom. The Kier molecular flexibility index (Phi) is 6.19. The van der Waals surface area contributed by atoms with Crippen molar-refractivity contribution in [3.63, 3.8) is 0 Å². The molecule has 2 amide bonds. The second-order valence-electron chi connectivity index (χ2n) is 7.58. The lowest BCUT2D eigenvalue weighted by Gasteiger charge is -2.31. The minimum Gasteiger partial charge on any atom is -0.352 e. The van der Waals surface area contributed by atoms with Gasteiger partial charge in [0.1, 0.15) is 0 Å². The summed E-state index contributed by atoms with van der Waals surface area (Å²) in [5.74, 6) is 0.105. The number of benzene rings is 1. The first kappa shape index (κ1) is 19.9. The molecule has 0 radical (unpaired) electrons. The first-order chi connectivity index (χ1) is 12.9. The van der Waals surface area contributed by atoms with E-state index in [-0.39, 0.29) is 41.2 Å². The Bertz CT molecular complexity index is 770. The second kappa shape index (κ2) is 8.42. The SMILES string of the molecule is CCN(C(=O)C1CCC(C(=O)NC2CCS(=O)(=O)C2)CC1)c1ccccc1. The Morgan fingerprint density at radius 2 is 1.67 bits per heavy atom. The number of anilines is 1. The molecule has 1 atom stereocenters. The summed E-state index contributed by atoms with van der Waals surface area (Å²) in [5.41, 5.74) is 0.910.